The highest BCUT2D eigenvalue weighted by atomic mass is 28.4. The predicted octanol–water partition coefficient (Wildman–Crippen LogP) is 4.03. The molecule has 0 aliphatic carbocycles. The third kappa shape index (κ3) is 4.99. The molecule has 2 heterocycles. The molecular formula is C21H34O5Si. The Hall–Kier alpha value is -0.763. The Balaban J connectivity index is 1.61. The minimum absolute atomic E-state index is 0.0727. The molecule has 5 atom stereocenters. The summed E-state index contributed by atoms with van der Waals surface area (Å²) in [4.78, 5) is 0. The second kappa shape index (κ2) is 8.31. The van der Waals surface area contributed by atoms with Crippen molar-refractivity contribution in [3.63, 3.8) is 0 Å². The third-order valence-corrected chi connectivity index (χ3v) is 10.6. The zero-order valence-electron chi connectivity index (χ0n) is 17.2. The Morgan fingerprint density at radius 3 is 2.44 bits per heavy atom. The van der Waals surface area contributed by atoms with Crippen LogP contribution in [0.1, 0.15) is 45.5 Å². The van der Waals surface area contributed by atoms with Gasteiger partial charge in [-0.1, -0.05) is 51.1 Å². The van der Waals surface area contributed by atoms with Crippen molar-refractivity contribution in [1.82, 2.24) is 0 Å². The average Bonchev–Trinajstić information content (AvgIpc) is 2.78. The summed E-state index contributed by atoms with van der Waals surface area (Å²) in [7, 11) is -1.89. The summed E-state index contributed by atoms with van der Waals surface area (Å²) in [6.07, 6.45) is -0.0860. The summed E-state index contributed by atoms with van der Waals surface area (Å²) in [5.41, 5.74) is 1.01. The van der Waals surface area contributed by atoms with Crippen molar-refractivity contribution >= 4 is 8.32 Å². The van der Waals surface area contributed by atoms with Crippen LogP contribution >= 0.6 is 0 Å². The van der Waals surface area contributed by atoms with Crippen LogP contribution in [0.15, 0.2) is 30.3 Å². The van der Waals surface area contributed by atoms with Crippen molar-refractivity contribution in [2.45, 2.75) is 82.5 Å². The number of hydrogen-bond donors (Lipinski definition) is 1. The van der Waals surface area contributed by atoms with Gasteiger partial charge in [0.05, 0.1) is 25.4 Å². The van der Waals surface area contributed by atoms with Crippen LogP contribution in [0.25, 0.3) is 0 Å². The highest BCUT2D eigenvalue weighted by molar-refractivity contribution is 6.74. The molecule has 1 aromatic rings. The van der Waals surface area contributed by atoms with Gasteiger partial charge in [-0.15, -0.1) is 0 Å². The fourth-order valence-corrected chi connectivity index (χ4v) is 4.25. The summed E-state index contributed by atoms with van der Waals surface area (Å²) >= 11 is 0. The van der Waals surface area contributed by atoms with Gasteiger partial charge in [-0.05, 0) is 31.0 Å². The smallest absolute Gasteiger partial charge is 0.192 e. The minimum atomic E-state index is -1.89. The number of hydrogen-bond acceptors (Lipinski definition) is 5. The van der Waals surface area contributed by atoms with E-state index in [9.17, 15) is 5.11 Å². The molecule has 27 heavy (non-hydrogen) atoms. The number of aliphatic hydroxyl groups is 1. The van der Waals surface area contributed by atoms with Gasteiger partial charge >= 0.3 is 0 Å². The lowest BCUT2D eigenvalue weighted by Gasteiger charge is -2.39. The molecule has 2 aliphatic rings. The topological polar surface area (TPSA) is 57.2 Å². The van der Waals surface area contributed by atoms with Crippen molar-refractivity contribution in [3.05, 3.63) is 35.9 Å². The van der Waals surface area contributed by atoms with E-state index in [1.807, 2.05) is 30.3 Å². The first-order chi connectivity index (χ1) is 12.7. The molecule has 0 saturated carbocycles. The van der Waals surface area contributed by atoms with E-state index in [0.29, 0.717) is 19.6 Å². The van der Waals surface area contributed by atoms with E-state index in [1.165, 1.54) is 0 Å². The number of rotatable bonds is 4. The molecule has 0 unspecified atom stereocenters. The van der Waals surface area contributed by atoms with Gasteiger partial charge in [-0.2, -0.15) is 0 Å². The molecule has 0 radical (unpaired) electrons. The van der Waals surface area contributed by atoms with Gasteiger partial charge in [-0.25, -0.2) is 0 Å². The van der Waals surface area contributed by atoms with Gasteiger partial charge in [0.25, 0.3) is 0 Å². The number of fused-ring (bicyclic) bond motifs is 1. The van der Waals surface area contributed by atoms with Crippen molar-refractivity contribution in [2.75, 3.05) is 13.2 Å². The quantitative estimate of drug-likeness (QED) is 0.782. The van der Waals surface area contributed by atoms with Crippen LogP contribution in [0.4, 0.5) is 0 Å². The minimum Gasteiger partial charge on any atom is -0.414 e. The van der Waals surface area contributed by atoms with E-state index in [0.717, 1.165) is 12.0 Å². The monoisotopic (exact) mass is 394 g/mol. The van der Waals surface area contributed by atoms with Gasteiger partial charge in [0.1, 0.15) is 12.2 Å². The Morgan fingerprint density at radius 1 is 1.07 bits per heavy atom. The van der Waals surface area contributed by atoms with Crippen molar-refractivity contribution < 1.29 is 23.7 Å². The molecule has 0 amide bonds. The maximum atomic E-state index is 10.6. The molecule has 152 valence electrons. The van der Waals surface area contributed by atoms with E-state index < -0.39 is 14.4 Å². The summed E-state index contributed by atoms with van der Waals surface area (Å²) in [6.45, 7) is 12.0. The molecule has 1 N–H and O–H groups in total. The standard InChI is InChI=1S/C21H34O5Si/c1-21(2,3)27(4,5)24-14-18-16(22)11-12-17-19(25-18)13-23-20(26-17)15-9-7-6-8-10-15/h6-10,16-20,22H,11-14H2,1-5H3/t16-,17+,18+,19-,20-/m1/s1. The number of benzene rings is 1. The highest BCUT2D eigenvalue weighted by Crippen LogP contribution is 2.38. The lowest BCUT2D eigenvalue weighted by molar-refractivity contribution is -0.271. The maximum Gasteiger partial charge on any atom is 0.192 e. The number of ether oxygens (including phenoxy) is 3. The molecular weight excluding hydrogens is 360 g/mol. The fraction of sp³-hybridized carbons (Fsp3) is 0.714. The number of aliphatic hydroxyl groups excluding tert-OH is 1. The van der Waals surface area contributed by atoms with Gasteiger partial charge in [0, 0.05) is 5.56 Å². The largest absolute Gasteiger partial charge is 0.414 e. The summed E-state index contributed by atoms with van der Waals surface area (Å²) in [5, 5.41) is 10.7. The lowest BCUT2D eigenvalue weighted by atomic mass is 10.0. The maximum absolute atomic E-state index is 10.6. The molecule has 0 aromatic heterocycles. The molecule has 3 rings (SSSR count). The fourth-order valence-electron chi connectivity index (χ4n) is 3.23. The van der Waals surface area contributed by atoms with E-state index in [2.05, 4.69) is 33.9 Å². The molecule has 0 bridgehead atoms. The predicted molar refractivity (Wildman–Crippen MR) is 107 cm³/mol. The zero-order valence-corrected chi connectivity index (χ0v) is 18.2. The molecule has 2 fully saturated rings. The molecule has 5 nitrogen and oxygen atoms in total. The summed E-state index contributed by atoms with van der Waals surface area (Å²) in [6, 6.07) is 9.96. The lowest BCUT2D eigenvalue weighted by Crippen LogP contribution is -2.47. The normalized spacial score (nSPS) is 32.6. The van der Waals surface area contributed by atoms with Crippen LogP contribution in [0, 0.1) is 0 Å². The van der Waals surface area contributed by atoms with Gasteiger partial charge in [0.2, 0.25) is 0 Å². The first kappa shape index (κ1) is 21.0. The summed E-state index contributed by atoms with van der Waals surface area (Å²) in [5.74, 6) is 0. The van der Waals surface area contributed by atoms with Crippen LogP contribution in [-0.4, -0.2) is 51.1 Å². The SMILES string of the molecule is CC(C)(C)[Si](C)(C)OC[C@@H]1O[C@@H]2CO[C@@H](c3ccccc3)O[C@H]2CC[C@H]1O. The van der Waals surface area contributed by atoms with E-state index in [-0.39, 0.29) is 29.6 Å². The van der Waals surface area contributed by atoms with Crippen LogP contribution in [0.3, 0.4) is 0 Å². The van der Waals surface area contributed by atoms with Gasteiger partial charge in [-0.3, -0.25) is 0 Å². The molecule has 2 aliphatic heterocycles. The van der Waals surface area contributed by atoms with Crippen molar-refractivity contribution in [1.29, 1.82) is 0 Å². The Bertz CT molecular complexity index is 600. The molecule has 6 heteroatoms. The highest BCUT2D eigenvalue weighted by Gasteiger charge is 2.42. The first-order valence-electron chi connectivity index (χ1n) is 9.97. The van der Waals surface area contributed by atoms with Gasteiger partial charge in [0.15, 0.2) is 14.6 Å². The van der Waals surface area contributed by atoms with Crippen LogP contribution in [0.5, 0.6) is 0 Å². The third-order valence-electron chi connectivity index (χ3n) is 6.14. The van der Waals surface area contributed by atoms with Gasteiger partial charge < -0.3 is 23.7 Å². The Labute approximate surface area is 164 Å². The van der Waals surface area contributed by atoms with E-state index in [4.69, 9.17) is 18.6 Å². The Kier molecular flexibility index (Phi) is 6.45. The van der Waals surface area contributed by atoms with Crippen LogP contribution in [-0.2, 0) is 18.6 Å². The summed E-state index contributed by atoms with van der Waals surface area (Å²) < 4.78 is 24.6. The first-order valence-corrected chi connectivity index (χ1v) is 12.9. The second-order valence-electron chi connectivity index (χ2n) is 9.18. The Morgan fingerprint density at radius 2 is 1.78 bits per heavy atom. The molecule has 2 saturated heterocycles. The zero-order chi connectivity index (χ0) is 19.7. The van der Waals surface area contributed by atoms with Crippen molar-refractivity contribution in [3.8, 4) is 0 Å². The van der Waals surface area contributed by atoms with Crippen LogP contribution < -0.4 is 0 Å². The van der Waals surface area contributed by atoms with E-state index in [1.54, 1.807) is 0 Å². The molecule has 1 aromatic carbocycles. The van der Waals surface area contributed by atoms with E-state index >= 15 is 0 Å². The second-order valence-corrected chi connectivity index (χ2v) is 14.0. The van der Waals surface area contributed by atoms with Crippen molar-refractivity contribution in [2.24, 2.45) is 0 Å². The average molecular weight is 395 g/mol. The molecule has 0 spiro atoms. The van der Waals surface area contributed by atoms with Crippen LogP contribution in [0.2, 0.25) is 18.1 Å².